The summed E-state index contributed by atoms with van der Waals surface area (Å²) in [6, 6.07) is 41.2. The monoisotopic (exact) mass is 1580 g/mol. The van der Waals surface area contributed by atoms with Crippen molar-refractivity contribution in [3.8, 4) is 80.0 Å². The summed E-state index contributed by atoms with van der Waals surface area (Å²) in [5.41, 5.74) is 47.8. The lowest BCUT2D eigenvalue weighted by Gasteiger charge is -2.14. The van der Waals surface area contributed by atoms with Crippen molar-refractivity contribution in [1.29, 1.82) is 21.0 Å². The molecule has 0 aliphatic heterocycles. The lowest BCUT2D eigenvalue weighted by molar-refractivity contribution is -0.118. The van der Waals surface area contributed by atoms with E-state index in [-0.39, 0.29) is 82.8 Å². The number of benzene rings is 5. The smallest absolute Gasteiger partial charge is 0.229 e. The third-order valence-corrected chi connectivity index (χ3v) is 23.4. The standard InChI is InChI=1S/C25H23N7O.C22H20ClN5O.2C22H21N5O/c1-14-4-6-28-24(18-11-30-32(2)13-18)23(14)17-7-16-10-22(29-12-20(16)21(27)9-17)31-25(33)19-8-15(19)3-5-26;1-11-14(3-2-4-18(11)25)16-8-13-9-19(27-10-17(13)21(26)20(16)23)28-22(29)15-7-12(15)5-6-24;2*1-12-4-6-25-10-17(12)14-7-15-9-20(26-11-18(15)19(24)8-14)27-22(28)21-13(2)16(21)3-5-23/h4,6-7,9-13,15,19H,3,8,27H2,1-2H3,(H,29,31,33);2-4,8-10,12,15H,5,7,25-26H2,1H3,(H,27,28,29);2*4,6-11,13,16,21H,3,24H2,1-2H3,(H,26,27,28)/t15-,19-;12-,15-;13-,16+,21+;13-,16-,21-/m0010/s1. The Kier molecular flexibility index (Phi) is 23.0. The molecule has 4 fully saturated rings. The maximum Gasteiger partial charge on any atom is 0.229 e. The Hall–Kier alpha value is -14.5. The van der Waals surface area contributed by atoms with E-state index in [0.29, 0.717) is 87.8 Å². The van der Waals surface area contributed by atoms with Crippen LogP contribution in [0.2, 0.25) is 5.02 Å². The van der Waals surface area contributed by atoms with Crippen LogP contribution in [-0.4, -0.2) is 68.3 Å². The topological polar surface area (TPSA) is 450 Å². The van der Waals surface area contributed by atoms with Crippen molar-refractivity contribution in [2.75, 3.05) is 49.9 Å². The molecule has 17 rings (SSSR count). The van der Waals surface area contributed by atoms with E-state index in [4.69, 9.17) is 61.3 Å². The zero-order chi connectivity index (χ0) is 83.5. The second-order valence-corrected chi connectivity index (χ2v) is 31.3. The maximum absolute atomic E-state index is 12.5. The van der Waals surface area contributed by atoms with Gasteiger partial charge >= 0.3 is 0 Å². The number of aryl methyl sites for hydroxylation is 4. The van der Waals surface area contributed by atoms with Crippen molar-refractivity contribution in [1.82, 2.24) is 44.7 Å². The van der Waals surface area contributed by atoms with Crippen molar-refractivity contribution in [3.05, 3.63) is 199 Å². The fourth-order valence-electron chi connectivity index (χ4n) is 15.7. The summed E-state index contributed by atoms with van der Waals surface area (Å²) in [6.07, 6.45) is 22.5. The molecule has 27 heteroatoms. The predicted molar refractivity (Wildman–Crippen MR) is 461 cm³/mol. The third kappa shape index (κ3) is 17.2. The molecule has 118 heavy (non-hydrogen) atoms. The first-order chi connectivity index (χ1) is 56.8. The number of nitrogen functional groups attached to an aromatic ring is 5. The molecule has 14 N–H and O–H groups in total. The van der Waals surface area contributed by atoms with E-state index >= 15 is 0 Å². The number of nitrogens with zero attached hydrogens (tertiary/aromatic N) is 13. The van der Waals surface area contributed by atoms with E-state index in [0.717, 1.165) is 129 Å². The van der Waals surface area contributed by atoms with Gasteiger partial charge in [0.2, 0.25) is 23.6 Å². The highest BCUT2D eigenvalue weighted by molar-refractivity contribution is 6.38. The minimum atomic E-state index is -0.119. The van der Waals surface area contributed by atoms with E-state index in [9.17, 15) is 19.2 Å². The summed E-state index contributed by atoms with van der Waals surface area (Å²) >= 11 is 6.56. The molecule has 8 aromatic heterocycles. The predicted octanol–water partition coefficient (Wildman–Crippen LogP) is 16.4. The molecule has 4 aliphatic carbocycles. The van der Waals surface area contributed by atoms with E-state index < -0.39 is 0 Å². The lowest BCUT2D eigenvalue weighted by atomic mass is 9.94. The molecule has 13 aromatic rings. The second-order valence-electron chi connectivity index (χ2n) is 30.9. The van der Waals surface area contributed by atoms with Gasteiger partial charge in [0.15, 0.2) is 0 Å². The Morgan fingerprint density at radius 2 is 0.881 bits per heavy atom. The molecule has 0 radical (unpaired) electrons. The van der Waals surface area contributed by atoms with Crippen LogP contribution in [0.4, 0.5) is 51.7 Å². The number of carbonyl (C=O) groups excluding carboxylic acids is 4. The molecular weight excluding hydrogens is 1500 g/mol. The van der Waals surface area contributed by atoms with Crippen LogP contribution in [0.3, 0.4) is 0 Å². The molecule has 590 valence electrons. The van der Waals surface area contributed by atoms with Crippen LogP contribution in [0, 0.1) is 132 Å². The number of hydrogen-bond acceptors (Lipinski definition) is 21. The molecule has 4 saturated carbocycles. The molecule has 5 aromatic carbocycles. The van der Waals surface area contributed by atoms with Gasteiger partial charge in [-0.2, -0.15) is 26.1 Å². The number of pyridine rings is 7. The number of hydrogen-bond donors (Lipinski definition) is 9. The number of nitriles is 4. The van der Waals surface area contributed by atoms with Gasteiger partial charge in [-0.05, 0) is 233 Å². The van der Waals surface area contributed by atoms with Gasteiger partial charge in [-0.3, -0.25) is 38.8 Å². The number of anilines is 9. The minimum absolute atomic E-state index is 0.0770. The van der Waals surface area contributed by atoms with Crippen molar-refractivity contribution in [2.45, 2.75) is 80.1 Å². The summed E-state index contributed by atoms with van der Waals surface area (Å²) in [4.78, 5) is 80.3. The molecule has 0 bridgehead atoms. The van der Waals surface area contributed by atoms with Crippen molar-refractivity contribution in [2.24, 2.45) is 66.2 Å². The Morgan fingerprint density at radius 1 is 0.458 bits per heavy atom. The van der Waals surface area contributed by atoms with Crippen LogP contribution in [0.1, 0.15) is 74.6 Å². The average molecular weight is 1590 g/mol. The van der Waals surface area contributed by atoms with Crippen LogP contribution in [0.15, 0.2) is 171 Å². The van der Waals surface area contributed by atoms with E-state index in [1.807, 2.05) is 164 Å². The Balaban J connectivity index is 0.000000130. The fourth-order valence-corrected chi connectivity index (χ4v) is 16.0. The van der Waals surface area contributed by atoms with Gasteiger partial charge < -0.3 is 49.9 Å². The molecule has 0 unspecified atom stereocenters. The maximum atomic E-state index is 12.5. The Morgan fingerprint density at radius 3 is 1.32 bits per heavy atom. The second kappa shape index (κ2) is 33.9. The molecular formula is C91H85ClN22O4. The minimum Gasteiger partial charge on any atom is -0.398 e. The highest BCUT2D eigenvalue weighted by Gasteiger charge is 2.52. The number of nitrogens with one attached hydrogen (secondary N) is 4. The first-order valence-electron chi connectivity index (χ1n) is 38.6. The zero-order valence-electron chi connectivity index (χ0n) is 65.9. The number of fused-ring (bicyclic) bond motifs is 4. The van der Waals surface area contributed by atoms with E-state index in [2.05, 4.69) is 85.5 Å². The van der Waals surface area contributed by atoms with Gasteiger partial charge in [0, 0.05) is 190 Å². The molecule has 8 heterocycles. The summed E-state index contributed by atoms with van der Waals surface area (Å²) in [5.74, 6) is 2.13. The quantitative estimate of drug-likeness (QED) is 0.0382. The molecule has 26 nitrogen and oxygen atoms in total. The summed E-state index contributed by atoms with van der Waals surface area (Å²) < 4.78 is 1.75. The number of rotatable bonds is 17. The van der Waals surface area contributed by atoms with Gasteiger partial charge in [-0.25, -0.2) is 19.9 Å². The number of halogens is 1. The Labute approximate surface area is 685 Å². The molecule has 10 atom stereocenters. The van der Waals surface area contributed by atoms with Crippen LogP contribution >= 0.6 is 11.6 Å². The Bertz CT molecular complexity index is 6200. The highest BCUT2D eigenvalue weighted by atomic mass is 35.5. The lowest BCUT2D eigenvalue weighted by Crippen LogP contribution is -2.16. The third-order valence-electron chi connectivity index (χ3n) is 23.0. The van der Waals surface area contributed by atoms with Crippen LogP contribution in [0.25, 0.3) is 98.9 Å². The molecule has 0 spiro atoms. The summed E-state index contributed by atoms with van der Waals surface area (Å²) in [7, 11) is 1.87. The van der Waals surface area contributed by atoms with Gasteiger partial charge in [0.05, 0.1) is 46.9 Å². The van der Waals surface area contributed by atoms with Crippen molar-refractivity contribution < 1.29 is 19.2 Å². The first-order valence-corrected chi connectivity index (χ1v) is 39.0. The van der Waals surface area contributed by atoms with Crippen LogP contribution < -0.4 is 49.9 Å². The summed E-state index contributed by atoms with van der Waals surface area (Å²) in [6.45, 7) is 12.1. The average Bonchev–Trinajstić information content (AvgIpc) is 1.41. The van der Waals surface area contributed by atoms with Crippen molar-refractivity contribution in [3.63, 3.8) is 0 Å². The molecule has 4 amide bonds. The normalized spacial score (nSPS) is 18.8. The first kappa shape index (κ1) is 80.1. The number of aromatic nitrogens is 9. The van der Waals surface area contributed by atoms with Gasteiger partial charge in [0.1, 0.15) is 23.3 Å². The summed E-state index contributed by atoms with van der Waals surface area (Å²) in [5, 5.41) is 58.3. The van der Waals surface area contributed by atoms with E-state index in [1.54, 1.807) is 60.3 Å². The fraction of sp³-hybridized carbons (Fsp3) is 0.253. The number of nitrogens with two attached hydrogens (primary N) is 5. The largest absolute Gasteiger partial charge is 0.398 e. The number of carbonyl (C=O) groups is 4. The van der Waals surface area contributed by atoms with Crippen LogP contribution in [0.5, 0.6) is 0 Å². The zero-order valence-corrected chi connectivity index (χ0v) is 66.6. The van der Waals surface area contributed by atoms with E-state index in [1.165, 1.54) is 0 Å². The van der Waals surface area contributed by atoms with Crippen molar-refractivity contribution >= 4 is 130 Å². The SMILES string of the molecule is Cc1c(N)cccc1-c1cc2cc(NC(=O)[C@H]3C[C@@H]3CC#N)ncc2c(N)c1Cl.Cc1ccnc(-c2cnn(C)c2)c1-c1cc(N)c2cnc(NC(=O)[C@H]3C[C@@H]3CC#N)cc2c1.Cc1ccncc1-c1cc(N)c2cnc(NC(=O)[C@H]3[C@@H](C)[C@@H]3CC#N)cc2c1.Cc1ccncc1-c1cc(N)c2cnc(NC(=O)[C@H]3[C@H](C)[C@@H]3CC#N)cc2c1. The number of amides is 4. The van der Waals surface area contributed by atoms with Crippen LogP contribution in [-0.2, 0) is 26.2 Å². The van der Waals surface area contributed by atoms with Gasteiger partial charge in [-0.1, -0.05) is 37.6 Å². The molecule has 4 aliphatic rings. The molecule has 0 saturated heterocycles. The van der Waals surface area contributed by atoms with Gasteiger partial charge in [0.25, 0.3) is 0 Å². The van der Waals surface area contributed by atoms with Gasteiger partial charge in [-0.15, -0.1) is 0 Å². The highest BCUT2D eigenvalue weighted by Crippen LogP contribution is 2.51.